The minimum absolute atomic E-state index is 0.294. The van der Waals surface area contributed by atoms with Crippen LogP contribution in [0.4, 0.5) is 10.2 Å². The van der Waals surface area contributed by atoms with Gasteiger partial charge in [-0.25, -0.2) is 14.4 Å². The van der Waals surface area contributed by atoms with E-state index in [9.17, 15) is 4.39 Å². The summed E-state index contributed by atoms with van der Waals surface area (Å²) in [7, 11) is 0. The lowest BCUT2D eigenvalue weighted by atomic mass is 10.1. The van der Waals surface area contributed by atoms with Crippen LogP contribution in [0.15, 0.2) is 22.7 Å². The minimum Gasteiger partial charge on any atom is -0.383 e. The first-order valence-corrected chi connectivity index (χ1v) is 6.90. The van der Waals surface area contributed by atoms with Gasteiger partial charge in [-0.3, -0.25) is 0 Å². The molecule has 19 heavy (non-hydrogen) atoms. The van der Waals surface area contributed by atoms with E-state index < -0.39 is 0 Å². The zero-order valence-corrected chi connectivity index (χ0v) is 12.5. The van der Waals surface area contributed by atoms with Gasteiger partial charge in [-0.05, 0) is 53.0 Å². The number of nitrogens with zero attached hydrogens (tertiary/aromatic N) is 2. The van der Waals surface area contributed by atoms with Gasteiger partial charge in [0.05, 0.1) is 10.2 Å². The lowest BCUT2D eigenvalue weighted by Gasteiger charge is -2.09. The van der Waals surface area contributed by atoms with Crippen molar-refractivity contribution in [2.75, 3.05) is 5.73 Å². The molecule has 0 aliphatic rings. The first-order valence-electron chi connectivity index (χ1n) is 6.10. The van der Waals surface area contributed by atoms with Crippen LogP contribution in [0.2, 0.25) is 0 Å². The summed E-state index contributed by atoms with van der Waals surface area (Å²) in [6, 6.07) is 4.74. The number of aryl methyl sites for hydroxylation is 2. The van der Waals surface area contributed by atoms with Gasteiger partial charge in [-0.15, -0.1) is 0 Å². The number of hydrogen-bond donors (Lipinski definition) is 1. The Morgan fingerprint density at radius 2 is 2.00 bits per heavy atom. The maximum atomic E-state index is 13.4. The Hall–Kier alpha value is -1.49. The Morgan fingerprint density at radius 1 is 1.26 bits per heavy atom. The first-order chi connectivity index (χ1) is 9.01. The number of aromatic nitrogens is 2. The summed E-state index contributed by atoms with van der Waals surface area (Å²) in [5, 5.41) is 0. The van der Waals surface area contributed by atoms with E-state index in [1.165, 1.54) is 12.1 Å². The molecule has 3 nitrogen and oxygen atoms in total. The third kappa shape index (κ3) is 3.10. The fraction of sp³-hybridized carbons (Fsp3) is 0.286. The van der Waals surface area contributed by atoms with E-state index in [0.29, 0.717) is 17.2 Å². The van der Waals surface area contributed by atoms with Crippen LogP contribution in [0.5, 0.6) is 0 Å². The molecular formula is C14H15BrFN3. The summed E-state index contributed by atoms with van der Waals surface area (Å²) in [4.78, 5) is 8.69. The molecule has 1 heterocycles. The molecule has 2 aromatic rings. The van der Waals surface area contributed by atoms with Crippen molar-refractivity contribution < 1.29 is 4.39 Å². The van der Waals surface area contributed by atoms with Crippen LogP contribution in [0.1, 0.15) is 24.6 Å². The fourth-order valence-corrected chi connectivity index (χ4v) is 2.29. The second-order valence-electron chi connectivity index (χ2n) is 4.46. The summed E-state index contributed by atoms with van der Waals surface area (Å²) >= 11 is 3.39. The zero-order chi connectivity index (χ0) is 14.0. The van der Waals surface area contributed by atoms with Crippen molar-refractivity contribution in [3.05, 3.63) is 39.7 Å². The molecule has 1 aromatic heterocycles. The lowest BCUT2D eigenvalue weighted by Crippen LogP contribution is -2.03. The van der Waals surface area contributed by atoms with E-state index >= 15 is 0 Å². The Kier molecular flexibility index (Phi) is 4.14. The van der Waals surface area contributed by atoms with Crippen molar-refractivity contribution >= 4 is 21.7 Å². The van der Waals surface area contributed by atoms with Crippen LogP contribution in [0.3, 0.4) is 0 Å². The summed E-state index contributed by atoms with van der Waals surface area (Å²) in [5.41, 5.74) is 8.21. The van der Waals surface area contributed by atoms with Crippen LogP contribution in [-0.4, -0.2) is 9.97 Å². The van der Waals surface area contributed by atoms with Gasteiger partial charge in [0.2, 0.25) is 0 Å². The highest BCUT2D eigenvalue weighted by Gasteiger charge is 2.12. The average Bonchev–Trinajstić information content (AvgIpc) is 2.33. The molecule has 0 radical (unpaired) electrons. The van der Waals surface area contributed by atoms with E-state index in [1.54, 1.807) is 0 Å². The van der Waals surface area contributed by atoms with Gasteiger partial charge in [0, 0.05) is 5.56 Å². The molecular weight excluding hydrogens is 309 g/mol. The van der Waals surface area contributed by atoms with Crippen LogP contribution < -0.4 is 5.73 Å². The van der Waals surface area contributed by atoms with Gasteiger partial charge in [0.15, 0.2) is 5.82 Å². The third-order valence-electron chi connectivity index (χ3n) is 2.73. The Labute approximate surface area is 120 Å². The van der Waals surface area contributed by atoms with Crippen LogP contribution in [-0.2, 0) is 6.42 Å². The first kappa shape index (κ1) is 13.9. The predicted octanol–water partition coefficient (Wildman–Crippen LogP) is 3.89. The van der Waals surface area contributed by atoms with Crippen LogP contribution in [0.25, 0.3) is 11.4 Å². The lowest BCUT2D eigenvalue weighted by molar-refractivity contribution is 0.627. The molecule has 0 saturated carbocycles. The highest BCUT2D eigenvalue weighted by molar-refractivity contribution is 9.10. The highest BCUT2D eigenvalue weighted by atomic mass is 79.9. The molecule has 0 unspecified atom stereocenters. The molecule has 0 fully saturated rings. The molecule has 2 N–H and O–H groups in total. The van der Waals surface area contributed by atoms with E-state index in [1.807, 2.05) is 13.0 Å². The Morgan fingerprint density at radius 3 is 2.63 bits per heavy atom. The summed E-state index contributed by atoms with van der Waals surface area (Å²) < 4.78 is 14.2. The molecule has 0 saturated heterocycles. The summed E-state index contributed by atoms with van der Waals surface area (Å²) in [6.07, 6.45) is 1.76. The molecule has 0 atom stereocenters. The molecule has 100 valence electrons. The van der Waals surface area contributed by atoms with Gasteiger partial charge in [0.25, 0.3) is 0 Å². The second kappa shape index (κ2) is 5.65. The average molecular weight is 324 g/mol. The third-order valence-corrected chi connectivity index (χ3v) is 3.60. The van der Waals surface area contributed by atoms with Gasteiger partial charge >= 0.3 is 0 Å². The number of nitrogens with two attached hydrogens (primary N) is 1. The van der Waals surface area contributed by atoms with E-state index in [4.69, 9.17) is 5.73 Å². The molecule has 0 spiro atoms. The molecule has 5 heteroatoms. The van der Waals surface area contributed by atoms with Crippen LogP contribution >= 0.6 is 15.9 Å². The van der Waals surface area contributed by atoms with Crippen molar-refractivity contribution in [2.24, 2.45) is 0 Å². The monoisotopic (exact) mass is 323 g/mol. The second-order valence-corrected chi connectivity index (χ2v) is 5.25. The van der Waals surface area contributed by atoms with E-state index in [-0.39, 0.29) is 5.82 Å². The minimum atomic E-state index is -0.294. The summed E-state index contributed by atoms with van der Waals surface area (Å²) in [5.74, 6) is 0.555. The topological polar surface area (TPSA) is 51.8 Å². The van der Waals surface area contributed by atoms with Crippen molar-refractivity contribution in [3.63, 3.8) is 0 Å². The van der Waals surface area contributed by atoms with Crippen molar-refractivity contribution in [1.29, 1.82) is 0 Å². The van der Waals surface area contributed by atoms with E-state index in [0.717, 1.165) is 28.6 Å². The Balaban J connectivity index is 2.55. The van der Waals surface area contributed by atoms with Gasteiger partial charge in [0.1, 0.15) is 11.6 Å². The van der Waals surface area contributed by atoms with E-state index in [2.05, 4.69) is 32.8 Å². The number of halogens is 2. The maximum Gasteiger partial charge on any atom is 0.161 e. The molecule has 1 aromatic carbocycles. The van der Waals surface area contributed by atoms with Gasteiger partial charge in [-0.2, -0.15) is 0 Å². The number of anilines is 1. The molecule has 0 amide bonds. The fourth-order valence-electron chi connectivity index (χ4n) is 1.91. The maximum absolute atomic E-state index is 13.4. The van der Waals surface area contributed by atoms with Crippen molar-refractivity contribution in [1.82, 2.24) is 9.97 Å². The molecule has 0 bridgehead atoms. The Bertz CT molecular complexity index is 594. The van der Waals surface area contributed by atoms with Gasteiger partial charge in [-0.1, -0.05) is 13.3 Å². The van der Waals surface area contributed by atoms with Crippen molar-refractivity contribution in [2.45, 2.75) is 26.7 Å². The molecule has 0 aliphatic heterocycles. The number of nitrogen functional groups attached to an aromatic ring is 1. The SMILES string of the molecule is CCCc1nc(-c2cc(C)cc(F)c2)nc(N)c1Br. The largest absolute Gasteiger partial charge is 0.383 e. The molecule has 2 rings (SSSR count). The zero-order valence-electron chi connectivity index (χ0n) is 10.9. The quantitative estimate of drug-likeness (QED) is 0.932. The number of rotatable bonds is 3. The van der Waals surface area contributed by atoms with Crippen LogP contribution in [0, 0.1) is 12.7 Å². The van der Waals surface area contributed by atoms with Gasteiger partial charge < -0.3 is 5.73 Å². The number of benzene rings is 1. The molecule has 0 aliphatic carbocycles. The highest BCUT2D eigenvalue weighted by Crippen LogP contribution is 2.26. The standard InChI is InChI=1S/C14H15BrFN3/c1-3-4-11-12(15)13(17)19-14(18-11)9-5-8(2)6-10(16)7-9/h5-7H,3-4H2,1-2H3,(H2,17,18,19). The smallest absolute Gasteiger partial charge is 0.161 e. The summed E-state index contributed by atoms with van der Waals surface area (Å²) in [6.45, 7) is 3.90. The van der Waals surface area contributed by atoms with Crippen molar-refractivity contribution in [3.8, 4) is 11.4 Å². The predicted molar refractivity (Wildman–Crippen MR) is 78.3 cm³/mol. The number of hydrogen-bond acceptors (Lipinski definition) is 3. The normalized spacial score (nSPS) is 10.7.